The van der Waals surface area contributed by atoms with Crippen LogP contribution in [0.2, 0.25) is 0 Å². The van der Waals surface area contributed by atoms with E-state index in [4.69, 9.17) is 5.26 Å². The van der Waals surface area contributed by atoms with E-state index in [0.717, 1.165) is 31.2 Å². The molecule has 41 heavy (non-hydrogen) atoms. The Balaban J connectivity index is 1.19. The van der Waals surface area contributed by atoms with Gasteiger partial charge >= 0.3 is 0 Å². The summed E-state index contributed by atoms with van der Waals surface area (Å²) in [5.41, 5.74) is 4.33. The van der Waals surface area contributed by atoms with E-state index in [1.807, 2.05) is 0 Å². The number of fused-ring (bicyclic) bond motifs is 1. The Kier molecular flexibility index (Phi) is 9.48. The molecule has 1 nitrogen and oxygen atoms in total. The summed E-state index contributed by atoms with van der Waals surface area (Å²) in [5, 5.41) is 8.92. The Morgan fingerprint density at radius 2 is 1.41 bits per heavy atom. The van der Waals surface area contributed by atoms with Crippen molar-refractivity contribution in [2.75, 3.05) is 0 Å². The Hall–Kier alpha value is -3.13. The standard InChI is InChI=1S/C36H39F4N/c1-2-3-4-5-23-6-8-24(9-7-23)10-11-25-12-17-30-29(18-25)21-34(39)35(36(30)40)27-15-13-26(14-16-27)28-19-32(37)31(22-41)33(38)20-28/h6-9,19-21,25-27H,2-5,10-18H2,1H3. The summed E-state index contributed by atoms with van der Waals surface area (Å²) < 4.78 is 59.4. The van der Waals surface area contributed by atoms with Gasteiger partial charge in [-0.15, -0.1) is 0 Å². The predicted octanol–water partition coefficient (Wildman–Crippen LogP) is 10.0. The fourth-order valence-corrected chi connectivity index (χ4v) is 7.03. The number of hydrogen-bond donors (Lipinski definition) is 0. The molecule has 3 aromatic carbocycles. The maximum absolute atomic E-state index is 15.8. The zero-order valence-electron chi connectivity index (χ0n) is 23.9. The molecule has 0 radical (unpaired) electrons. The van der Waals surface area contributed by atoms with Crippen LogP contribution in [0.1, 0.15) is 115 Å². The van der Waals surface area contributed by atoms with E-state index >= 15 is 8.78 Å². The van der Waals surface area contributed by atoms with Gasteiger partial charge in [0.1, 0.15) is 34.9 Å². The molecule has 5 heteroatoms. The van der Waals surface area contributed by atoms with Gasteiger partial charge in [0, 0.05) is 5.56 Å². The van der Waals surface area contributed by atoms with Crippen molar-refractivity contribution in [1.29, 1.82) is 5.26 Å². The van der Waals surface area contributed by atoms with Gasteiger partial charge in [0.15, 0.2) is 0 Å². The number of halogens is 4. The van der Waals surface area contributed by atoms with E-state index in [1.165, 1.54) is 42.5 Å². The maximum Gasteiger partial charge on any atom is 0.144 e. The minimum atomic E-state index is -0.856. The number of nitrogens with zero attached hydrogens (tertiary/aromatic N) is 1. The van der Waals surface area contributed by atoms with Crippen LogP contribution in [-0.2, 0) is 25.7 Å². The van der Waals surface area contributed by atoms with Gasteiger partial charge in [0.05, 0.1) is 0 Å². The molecule has 1 atom stereocenters. The van der Waals surface area contributed by atoms with Gasteiger partial charge in [-0.05, 0) is 134 Å². The molecule has 1 unspecified atom stereocenters. The zero-order chi connectivity index (χ0) is 28.9. The van der Waals surface area contributed by atoms with Crippen LogP contribution < -0.4 is 0 Å². The fourth-order valence-electron chi connectivity index (χ4n) is 7.03. The van der Waals surface area contributed by atoms with Crippen LogP contribution in [0.15, 0.2) is 42.5 Å². The van der Waals surface area contributed by atoms with Gasteiger partial charge in [-0.1, -0.05) is 44.0 Å². The first kappa shape index (κ1) is 29.4. The average Bonchev–Trinajstić information content (AvgIpc) is 2.97. The van der Waals surface area contributed by atoms with Crippen molar-refractivity contribution >= 4 is 0 Å². The average molecular weight is 562 g/mol. The van der Waals surface area contributed by atoms with E-state index in [2.05, 4.69) is 31.2 Å². The molecule has 1 fully saturated rings. The molecule has 0 amide bonds. The number of rotatable bonds is 9. The van der Waals surface area contributed by atoms with E-state index in [0.29, 0.717) is 55.6 Å². The maximum atomic E-state index is 15.8. The third kappa shape index (κ3) is 6.69. The summed E-state index contributed by atoms with van der Waals surface area (Å²) in [5.74, 6) is -2.47. The first-order valence-electron chi connectivity index (χ1n) is 15.3. The van der Waals surface area contributed by atoms with Gasteiger partial charge in [0.25, 0.3) is 0 Å². The number of hydrogen-bond acceptors (Lipinski definition) is 1. The van der Waals surface area contributed by atoms with Crippen LogP contribution in [-0.4, -0.2) is 0 Å². The molecule has 3 aromatic rings. The molecule has 1 saturated carbocycles. The van der Waals surface area contributed by atoms with Crippen molar-refractivity contribution in [2.24, 2.45) is 5.92 Å². The molecule has 216 valence electrons. The fraction of sp³-hybridized carbons (Fsp3) is 0.472. The zero-order valence-corrected chi connectivity index (χ0v) is 23.9. The summed E-state index contributed by atoms with van der Waals surface area (Å²) in [6.07, 6.45) is 11.4. The lowest BCUT2D eigenvalue weighted by Gasteiger charge is -2.32. The molecular formula is C36H39F4N. The largest absolute Gasteiger partial charge is 0.207 e. The number of nitriles is 1. The van der Waals surface area contributed by atoms with Crippen LogP contribution in [0.4, 0.5) is 17.6 Å². The third-order valence-electron chi connectivity index (χ3n) is 9.47. The van der Waals surface area contributed by atoms with Crippen molar-refractivity contribution in [1.82, 2.24) is 0 Å². The Morgan fingerprint density at radius 3 is 2.05 bits per heavy atom. The molecule has 0 N–H and O–H groups in total. The summed E-state index contributed by atoms with van der Waals surface area (Å²) >= 11 is 0. The highest BCUT2D eigenvalue weighted by atomic mass is 19.1. The van der Waals surface area contributed by atoms with E-state index < -0.39 is 23.0 Å². The lowest BCUT2D eigenvalue weighted by molar-refractivity contribution is 0.368. The molecule has 2 aliphatic rings. The second kappa shape index (κ2) is 13.2. The van der Waals surface area contributed by atoms with Crippen molar-refractivity contribution < 1.29 is 17.6 Å². The van der Waals surface area contributed by atoms with Gasteiger partial charge in [-0.2, -0.15) is 5.26 Å². The van der Waals surface area contributed by atoms with Gasteiger partial charge < -0.3 is 0 Å². The molecule has 0 spiro atoms. The summed E-state index contributed by atoms with van der Waals surface area (Å²) in [4.78, 5) is 0. The molecule has 2 aliphatic carbocycles. The minimum Gasteiger partial charge on any atom is -0.207 e. The molecule has 0 bridgehead atoms. The summed E-state index contributed by atoms with van der Waals surface area (Å²) in [6, 6.07) is 14.5. The first-order chi connectivity index (χ1) is 19.9. The summed E-state index contributed by atoms with van der Waals surface area (Å²) in [6.45, 7) is 2.22. The van der Waals surface area contributed by atoms with Gasteiger partial charge in [-0.25, -0.2) is 17.6 Å². The molecule has 0 heterocycles. The molecule has 5 rings (SSSR count). The van der Waals surface area contributed by atoms with Crippen LogP contribution in [0, 0.1) is 40.5 Å². The van der Waals surface area contributed by atoms with E-state index in [9.17, 15) is 8.78 Å². The smallest absolute Gasteiger partial charge is 0.144 e. The SMILES string of the molecule is CCCCCc1ccc(CCC2CCc3c(cc(F)c(C4CCC(c5cc(F)c(C#N)c(F)c5)CC4)c3F)C2)cc1. The van der Waals surface area contributed by atoms with Crippen LogP contribution >= 0.6 is 0 Å². The topological polar surface area (TPSA) is 23.8 Å². The van der Waals surface area contributed by atoms with Crippen molar-refractivity contribution in [3.8, 4) is 6.07 Å². The number of benzene rings is 3. The number of unbranched alkanes of at least 4 members (excludes halogenated alkanes) is 2. The minimum absolute atomic E-state index is 0.0928. The summed E-state index contributed by atoms with van der Waals surface area (Å²) in [7, 11) is 0. The second-order valence-electron chi connectivity index (χ2n) is 12.2. The quantitative estimate of drug-likeness (QED) is 0.188. The Morgan fingerprint density at radius 1 is 0.780 bits per heavy atom. The second-order valence-corrected chi connectivity index (χ2v) is 12.2. The highest BCUT2D eigenvalue weighted by Gasteiger charge is 2.32. The van der Waals surface area contributed by atoms with Crippen LogP contribution in [0.3, 0.4) is 0 Å². The Labute approximate surface area is 241 Å². The lowest BCUT2D eigenvalue weighted by atomic mass is 9.74. The lowest BCUT2D eigenvalue weighted by Crippen LogP contribution is -2.20. The van der Waals surface area contributed by atoms with Crippen LogP contribution in [0.25, 0.3) is 0 Å². The van der Waals surface area contributed by atoms with E-state index in [-0.39, 0.29) is 23.2 Å². The van der Waals surface area contributed by atoms with E-state index in [1.54, 1.807) is 12.1 Å². The van der Waals surface area contributed by atoms with Crippen LogP contribution in [0.5, 0.6) is 0 Å². The van der Waals surface area contributed by atoms with Crippen molar-refractivity contribution in [2.45, 2.75) is 102 Å². The van der Waals surface area contributed by atoms with Gasteiger partial charge in [-0.3, -0.25) is 0 Å². The normalized spacial score (nSPS) is 20.4. The Bertz CT molecular complexity index is 1370. The molecular weight excluding hydrogens is 522 g/mol. The first-order valence-corrected chi connectivity index (χ1v) is 15.3. The molecule has 0 saturated heterocycles. The van der Waals surface area contributed by atoms with Crippen molar-refractivity contribution in [3.63, 3.8) is 0 Å². The highest BCUT2D eigenvalue weighted by Crippen LogP contribution is 2.44. The third-order valence-corrected chi connectivity index (χ3v) is 9.47. The highest BCUT2D eigenvalue weighted by molar-refractivity contribution is 5.40. The molecule has 0 aliphatic heterocycles. The van der Waals surface area contributed by atoms with Gasteiger partial charge in [0.2, 0.25) is 0 Å². The number of aryl methyl sites for hydroxylation is 2. The van der Waals surface area contributed by atoms with Crippen molar-refractivity contribution in [3.05, 3.63) is 105 Å². The predicted molar refractivity (Wildman–Crippen MR) is 155 cm³/mol. The molecule has 0 aromatic heterocycles. The monoisotopic (exact) mass is 561 g/mol.